The van der Waals surface area contributed by atoms with Gasteiger partial charge < -0.3 is 10.1 Å². The topological polar surface area (TPSA) is 84.5 Å². The molecule has 1 amide bonds. The second-order valence-corrected chi connectivity index (χ2v) is 9.14. The molecule has 2 rings (SSSR count). The Morgan fingerprint density at radius 3 is 2.13 bits per heavy atom. The standard InChI is InChI=1S/C21H25F3N2O4S/c1-14(2)19(26-31(28,29)18-10-4-15(3)5-11-18)20(27)25-12-16-6-8-17(9-7-16)30-13-21(22,23)24/h4-11,14,19,26H,12-13H2,1-3H3,(H,25,27)/t19-/m1/s1. The molecule has 0 aliphatic heterocycles. The molecule has 0 spiro atoms. The highest BCUT2D eigenvalue weighted by Crippen LogP contribution is 2.19. The Kier molecular flexibility index (Phi) is 8.08. The van der Waals surface area contributed by atoms with Crippen LogP contribution in [0.5, 0.6) is 5.75 Å². The predicted molar refractivity (Wildman–Crippen MR) is 110 cm³/mol. The number of rotatable bonds is 9. The molecule has 1 atom stereocenters. The minimum Gasteiger partial charge on any atom is -0.484 e. The van der Waals surface area contributed by atoms with Gasteiger partial charge in [0.1, 0.15) is 11.8 Å². The molecule has 0 aromatic heterocycles. The van der Waals surface area contributed by atoms with Gasteiger partial charge >= 0.3 is 6.18 Å². The largest absolute Gasteiger partial charge is 0.484 e. The first-order chi connectivity index (χ1) is 14.4. The number of carbonyl (C=O) groups excluding carboxylic acids is 1. The number of sulfonamides is 1. The molecule has 0 bridgehead atoms. The SMILES string of the molecule is Cc1ccc(S(=O)(=O)N[C@@H](C(=O)NCc2ccc(OCC(F)(F)F)cc2)C(C)C)cc1. The number of benzene rings is 2. The van der Waals surface area contributed by atoms with E-state index in [1.165, 1.54) is 36.4 Å². The molecular formula is C21H25F3N2O4S. The minimum absolute atomic E-state index is 0.0540. The maximum Gasteiger partial charge on any atom is 0.422 e. The Hall–Kier alpha value is -2.59. The second kappa shape index (κ2) is 10.1. The van der Waals surface area contributed by atoms with E-state index in [2.05, 4.69) is 14.8 Å². The summed E-state index contributed by atoms with van der Waals surface area (Å²) >= 11 is 0. The average molecular weight is 459 g/mol. The van der Waals surface area contributed by atoms with Crippen LogP contribution in [0.3, 0.4) is 0 Å². The number of carbonyl (C=O) groups is 1. The summed E-state index contributed by atoms with van der Waals surface area (Å²) < 4.78 is 68.9. The van der Waals surface area contributed by atoms with Gasteiger partial charge in [-0.05, 0) is 42.7 Å². The third-order valence-corrected chi connectivity index (χ3v) is 5.81. The summed E-state index contributed by atoms with van der Waals surface area (Å²) in [5.41, 5.74) is 1.53. The Balaban J connectivity index is 1.99. The zero-order chi connectivity index (χ0) is 23.2. The van der Waals surface area contributed by atoms with Crippen LogP contribution >= 0.6 is 0 Å². The molecule has 170 valence electrons. The Labute approximate surface area is 179 Å². The van der Waals surface area contributed by atoms with Crippen LogP contribution in [-0.2, 0) is 21.4 Å². The lowest BCUT2D eigenvalue weighted by Gasteiger charge is -2.22. The van der Waals surface area contributed by atoms with Gasteiger partial charge in [0.15, 0.2) is 6.61 Å². The van der Waals surface area contributed by atoms with Crippen molar-refractivity contribution in [3.8, 4) is 5.75 Å². The van der Waals surface area contributed by atoms with Crippen molar-refractivity contribution >= 4 is 15.9 Å². The summed E-state index contributed by atoms with van der Waals surface area (Å²) in [5, 5.41) is 2.65. The number of halogens is 3. The van der Waals surface area contributed by atoms with E-state index in [9.17, 15) is 26.4 Å². The number of hydrogen-bond donors (Lipinski definition) is 2. The molecule has 2 aromatic carbocycles. The van der Waals surface area contributed by atoms with E-state index < -0.39 is 34.8 Å². The average Bonchev–Trinajstić information content (AvgIpc) is 2.69. The van der Waals surface area contributed by atoms with Crippen LogP contribution in [0.1, 0.15) is 25.0 Å². The van der Waals surface area contributed by atoms with Crippen molar-refractivity contribution in [2.75, 3.05) is 6.61 Å². The summed E-state index contributed by atoms with van der Waals surface area (Å²) in [6, 6.07) is 11.0. The summed E-state index contributed by atoms with van der Waals surface area (Å²) in [6.45, 7) is 3.96. The molecule has 0 unspecified atom stereocenters. The van der Waals surface area contributed by atoms with Crippen molar-refractivity contribution < 1.29 is 31.1 Å². The summed E-state index contributed by atoms with van der Waals surface area (Å²) in [7, 11) is -3.89. The van der Waals surface area contributed by atoms with E-state index in [4.69, 9.17) is 0 Å². The molecule has 0 saturated heterocycles. The Bertz CT molecular complexity index is 973. The second-order valence-electron chi connectivity index (χ2n) is 7.42. The number of nitrogens with one attached hydrogen (secondary N) is 2. The molecule has 0 aliphatic rings. The van der Waals surface area contributed by atoms with E-state index in [0.29, 0.717) is 5.56 Å². The molecule has 0 heterocycles. The Morgan fingerprint density at radius 1 is 1.03 bits per heavy atom. The van der Waals surface area contributed by atoms with Crippen molar-refractivity contribution in [3.05, 3.63) is 59.7 Å². The first-order valence-corrected chi connectivity index (χ1v) is 11.0. The number of ether oxygens (including phenoxy) is 1. The van der Waals surface area contributed by atoms with Crippen LogP contribution in [0, 0.1) is 12.8 Å². The fourth-order valence-corrected chi connectivity index (χ4v) is 3.96. The van der Waals surface area contributed by atoms with Gasteiger partial charge in [0.25, 0.3) is 0 Å². The molecule has 10 heteroatoms. The molecular weight excluding hydrogens is 433 g/mol. The van der Waals surface area contributed by atoms with E-state index in [-0.39, 0.29) is 23.1 Å². The summed E-state index contributed by atoms with van der Waals surface area (Å²) in [6.07, 6.45) is -4.43. The summed E-state index contributed by atoms with van der Waals surface area (Å²) in [5.74, 6) is -0.778. The zero-order valence-corrected chi connectivity index (χ0v) is 18.2. The highest BCUT2D eigenvalue weighted by Gasteiger charge is 2.29. The lowest BCUT2D eigenvalue weighted by molar-refractivity contribution is -0.153. The molecule has 0 aliphatic carbocycles. The molecule has 2 N–H and O–H groups in total. The Morgan fingerprint density at radius 2 is 1.61 bits per heavy atom. The molecule has 6 nitrogen and oxygen atoms in total. The lowest BCUT2D eigenvalue weighted by atomic mass is 10.0. The van der Waals surface area contributed by atoms with Gasteiger partial charge in [0.2, 0.25) is 15.9 Å². The van der Waals surface area contributed by atoms with Crippen molar-refractivity contribution in [2.45, 2.75) is 44.4 Å². The first kappa shape index (κ1) is 24.7. The molecule has 0 saturated carbocycles. The first-order valence-electron chi connectivity index (χ1n) is 9.52. The highest BCUT2D eigenvalue weighted by atomic mass is 32.2. The zero-order valence-electron chi connectivity index (χ0n) is 17.4. The van der Waals surface area contributed by atoms with Crippen LogP contribution in [0.25, 0.3) is 0 Å². The fourth-order valence-electron chi connectivity index (χ4n) is 2.61. The number of hydrogen-bond acceptors (Lipinski definition) is 4. The van der Waals surface area contributed by atoms with Crippen molar-refractivity contribution in [3.63, 3.8) is 0 Å². The van der Waals surface area contributed by atoms with Gasteiger partial charge in [-0.25, -0.2) is 8.42 Å². The van der Waals surface area contributed by atoms with Gasteiger partial charge in [-0.15, -0.1) is 0 Å². The number of alkyl halides is 3. The third-order valence-electron chi connectivity index (χ3n) is 4.36. The van der Waals surface area contributed by atoms with Crippen LogP contribution in [-0.4, -0.2) is 33.1 Å². The fraction of sp³-hybridized carbons (Fsp3) is 0.381. The van der Waals surface area contributed by atoms with Gasteiger partial charge in [0, 0.05) is 6.54 Å². The van der Waals surface area contributed by atoms with E-state index in [1.807, 2.05) is 6.92 Å². The maximum absolute atomic E-state index is 12.6. The minimum atomic E-state index is -4.43. The van der Waals surface area contributed by atoms with Gasteiger partial charge in [-0.2, -0.15) is 17.9 Å². The van der Waals surface area contributed by atoms with E-state index >= 15 is 0 Å². The lowest BCUT2D eigenvalue weighted by Crippen LogP contribution is -2.49. The van der Waals surface area contributed by atoms with Crippen LogP contribution < -0.4 is 14.8 Å². The van der Waals surface area contributed by atoms with Crippen molar-refractivity contribution in [1.82, 2.24) is 10.0 Å². The highest BCUT2D eigenvalue weighted by molar-refractivity contribution is 7.89. The molecule has 2 aromatic rings. The van der Waals surface area contributed by atoms with Gasteiger partial charge in [-0.1, -0.05) is 43.7 Å². The molecule has 0 radical (unpaired) electrons. The van der Waals surface area contributed by atoms with E-state index in [1.54, 1.807) is 26.0 Å². The number of amides is 1. The van der Waals surface area contributed by atoms with Crippen LogP contribution in [0.15, 0.2) is 53.4 Å². The summed E-state index contributed by atoms with van der Waals surface area (Å²) in [4.78, 5) is 12.7. The van der Waals surface area contributed by atoms with Crippen LogP contribution in [0.4, 0.5) is 13.2 Å². The van der Waals surface area contributed by atoms with E-state index in [0.717, 1.165) is 5.56 Å². The predicted octanol–water partition coefficient (Wildman–Crippen LogP) is 3.56. The smallest absolute Gasteiger partial charge is 0.422 e. The quantitative estimate of drug-likeness (QED) is 0.602. The number of aryl methyl sites for hydroxylation is 1. The third kappa shape index (κ3) is 7.87. The monoisotopic (exact) mass is 458 g/mol. The van der Waals surface area contributed by atoms with Crippen molar-refractivity contribution in [2.24, 2.45) is 5.92 Å². The molecule has 31 heavy (non-hydrogen) atoms. The van der Waals surface area contributed by atoms with Gasteiger partial charge in [-0.3, -0.25) is 4.79 Å². The van der Waals surface area contributed by atoms with Crippen LogP contribution in [0.2, 0.25) is 0 Å². The maximum atomic E-state index is 12.6. The van der Waals surface area contributed by atoms with Crippen molar-refractivity contribution in [1.29, 1.82) is 0 Å². The molecule has 0 fully saturated rings. The normalized spacial score (nSPS) is 13.1. The van der Waals surface area contributed by atoms with Gasteiger partial charge in [0.05, 0.1) is 4.90 Å².